The highest BCUT2D eigenvalue weighted by Crippen LogP contribution is 2.28. The zero-order chi connectivity index (χ0) is 21.1. The Morgan fingerprint density at radius 1 is 0.867 bits per heavy atom. The molecule has 0 fully saturated rings. The van der Waals surface area contributed by atoms with E-state index in [2.05, 4.69) is 15.3 Å². The lowest BCUT2D eigenvalue weighted by atomic mass is 10.0. The standard InChI is InChI=1S/C23H21N3O4/c1-28-17-6-4-15(5-7-17)26-16-10-20-21(13-25-23(20)24-12-16)22(27)14-8-18(29-2)11-19(9-14)30-3/h4-13,26H,1-3H3,(H,24,25). The molecule has 0 aliphatic heterocycles. The number of nitrogens with zero attached hydrogens (tertiary/aromatic N) is 1. The molecule has 0 saturated heterocycles. The second kappa shape index (κ2) is 8.16. The van der Waals surface area contributed by atoms with Crippen LogP contribution in [-0.2, 0) is 0 Å². The van der Waals surface area contributed by atoms with Crippen LogP contribution in [-0.4, -0.2) is 37.1 Å². The van der Waals surface area contributed by atoms with Crippen molar-refractivity contribution >= 4 is 28.2 Å². The van der Waals surface area contributed by atoms with Gasteiger partial charge in [-0.1, -0.05) is 0 Å². The van der Waals surface area contributed by atoms with Gasteiger partial charge in [0, 0.05) is 34.5 Å². The van der Waals surface area contributed by atoms with Crippen LogP contribution in [0.4, 0.5) is 11.4 Å². The molecule has 152 valence electrons. The molecule has 4 aromatic rings. The number of aromatic nitrogens is 2. The number of hydrogen-bond acceptors (Lipinski definition) is 6. The summed E-state index contributed by atoms with van der Waals surface area (Å²) in [5.41, 5.74) is 3.28. The largest absolute Gasteiger partial charge is 0.497 e. The second-order valence-electron chi connectivity index (χ2n) is 6.61. The van der Waals surface area contributed by atoms with Crippen molar-refractivity contribution in [3.8, 4) is 17.2 Å². The quantitative estimate of drug-likeness (QED) is 0.440. The normalized spacial score (nSPS) is 10.6. The van der Waals surface area contributed by atoms with Crippen LogP contribution in [0.1, 0.15) is 15.9 Å². The van der Waals surface area contributed by atoms with E-state index in [0.717, 1.165) is 22.5 Å². The Morgan fingerprint density at radius 2 is 1.53 bits per heavy atom. The Balaban J connectivity index is 1.68. The van der Waals surface area contributed by atoms with Gasteiger partial charge in [0.2, 0.25) is 0 Å². The first kappa shape index (κ1) is 19.3. The Kier molecular flexibility index (Phi) is 5.26. The van der Waals surface area contributed by atoms with Crippen molar-refractivity contribution in [1.82, 2.24) is 9.97 Å². The SMILES string of the molecule is COc1ccc(Nc2cnc3[nH]cc(C(=O)c4cc(OC)cc(OC)c4)c3c2)cc1. The maximum Gasteiger partial charge on any atom is 0.195 e. The molecule has 0 aliphatic carbocycles. The van der Waals surface area contributed by atoms with Crippen LogP contribution >= 0.6 is 0 Å². The van der Waals surface area contributed by atoms with Gasteiger partial charge >= 0.3 is 0 Å². The minimum absolute atomic E-state index is 0.151. The van der Waals surface area contributed by atoms with Crippen molar-refractivity contribution in [1.29, 1.82) is 0 Å². The summed E-state index contributed by atoms with van der Waals surface area (Å²) in [6, 6.07) is 14.6. The molecular formula is C23H21N3O4. The number of hydrogen-bond donors (Lipinski definition) is 2. The first-order valence-corrected chi connectivity index (χ1v) is 9.27. The molecule has 2 heterocycles. The number of anilines is 2. The predicted octanol–water partition coefficient (Wildman–Crippen LogP) is 4.56. The van der Waals surface area contributed by atoms with Gasteiger partial charge in [0.05, 0.1) is 33.2 Å². The highest BCUT2D eigenvalue weighted by atomic mass is 16.5. The van der Waals surface area contributed by atoms with E-state index in [1.54, 1.807) is 51.9 Å². The number of benzene rings is 2. The molecule has 0 saturated carbocycles. The zero-order valence-electron chi connectivity index (χ0n) is 16.9. The molecule has 4 rings (SSSR count). The number of ether oxygens (including phenoxy) is 3. The van der Waals surface area contributed by atoms with Crippen molar-refractivity contribution in [3.63, 3.8) is 0 Å². The molecule has 7 nitrogen and oxygen atoms in total. The Bertz CT molecular complexity index is 1180. The van der Waals surface area contributed by atoms with E-state index in [0.29, 0.717) is 28.3 Å². The third-order valence-electron chi connectivity index (χ3n) is 4.77. The van der Waals surface area contributed by atoms with Crippen molar-refractivity contribution in [2.24, 2.45) is 0 Å². The van der Waals surface area contributed by atoms with E-state index in [9.17, 15) is 4.79 Å². The summed E-state index contributed by atoms with van der Waals surface area (Å²) in [4.78, 5) is 20.7. The highest BCUT2D eigenvalue weighted by Gasteiger charge is 2.17. The predicted molar refractivity (Wildman–Crippen MR) is 115 cm³/mol. The topological polar surface area (TPSA) is 85.5 Å². The van der Waals surface area contributed by atoms with Crippen LogP contribution in [0.3, 0.4) is 0 Å². The first-order chi connectivity index (χ1) is 14.6. The molecule has 0 amide bonds. The molecular weight excluding hydrogens is 382 g/mol. The number of carbonyl (C=O) groups excluding carboxylic acids is 1. The molecule has 0 unspecified atom stereocenters. The monoisotopic (exact) mass is 403 g/mol. The number of aromatic amines is 1. The first-order valence-electron chi connectivity index (χ1n) is 9.27. The lowest BCUT2D eigenvalue weighted by Gasteiger charge is -2.09. The molecule has 30 heavy (non-hydrogen) atoms. The van der Waals surface area contributed by atoms with Crippen molar-refractivity contribution in [3.05, 3.63) is 72.1 Å². The third-order valence-corrected chi connectivity index (χ3v) is 4.77. The molecule has 7 heteroatoms. The summed E-state index contributed by atoms with van der Waals surface area (Å²) in [5, 5.41) is 4.02. The smallest absolute Gasteiger partial charge is 0.195 e. The molecule has 0 spiro atoms. The molecule has 0 radical (unpaired) electrons. The molecule has 0 aliphatic rings. The number of fused-ring (bicyclic) bond motifs is 1. The Hall–Kier alpha value is -4.00. The summed E-state index contributed by atoms with van der Waals surface area (Å²) in [5.74, 6) is 1.73. The average molecular weight is 403 g/mol. The van der Waals surface area contributed by atoms with E-state index < -0.39 is 0 Å². The van der Waals surface area contributed by atoms with Gasteiger partial charge in [-0.05, 0) is 42.5 Å². The molecule has 2 N–H and O–H groups in total. The number of carbonyl (C=O) groups is 1. The summed E-state index contributed by atoms with van der Waals surface area (Å²) < 4.78 is 15.8. The van der Waals surface area contributed by atoms with Gasteiger partial charge in [-0.15, -0.1) is 0 Å². The van der Waals surface area contributed by atoms with Crippen molar-refractivity contribution in [2.75, 3.05) is 26.6 Å². The van der Waals surface area contributed by atoms with Gasteiger partial charge < -0.3 is 24.5 Å². The van der Waals surface area contributed by atoms with Gasteiger partial charge in [0.15, 0.2) is 5.78 Å². The number of rotatable bonds is 7. The van der Waals surface area contributed by atoms with E-state index in [1.165, 1.54) is 0 Å². The van der Waals surface area contributed by atoms with Crippen molar-refractivity contribution < 1.29 is 19.0 Å². The number of ketones is 1. The van der Waals surface area contributed by atoms with E-state index in [4.69, 9.17) is 14.2 Å². The number of H-pyrrole nitrogens is 1. The molecule has 2 aromatic heterocycles. The van der Waals surface area contributed by atoms with Crippen LogP contribution in [0, 0.1) is 0 Å². The molecule has 2 aromatic carbocycles. The van der Waals surface area contributed by atoms with Gasteiger partial charge in [-0.25, -0.2) is 4.98 Å². The van der Waals surface area contributed by atoms with Gasteiger partial charge in [-0.3, -0.25) is 4.79 Å². The number of nitrogens with one attached hydrogen (secondary N) is 2. The third kappa shape index (κ3) is 3.77. The van der Waals surface area contributed by atoms with Crippen LogP contribution in [0.25, 0.3) is 11.0 Å². The minimum Gasteiger partial charge on any atom is -0.497 e. The van der Waals surface area contributed by atoms with Crippen LogP contribution in [0.5, 0.6) is 17.2 Å². The summed E-state index contributed by atoms with van der Waals surface area (Å²) >= 11 is 0. The molecule has 0 bridgehead atoms. The highest BCUT2D eigenvalue weighted by molar-refractivity contribution is 6.16. The van der Waals surface area contributed by atoms with Crippen molar-refractivity contribution in [2.45, 2.75) is 0 Å². The fourth-order valence-corrected chi connectivity index (χ4v) is 3.19. The lowest BCUT2D eigenvalue weighted by molar-refractivity contribution is 0.103. The lowest BCUT2D eigenvalue weighted by Crippen LogP contribution is -2.02. The van der Waals surface area contributed by atoms with E-state index in [-0.39, 0.29) is 5.78 Å². The maximum atomic E-state index is 13.2. The Labute approximate surface area is 173 Å². The van der Waals surface area contributed by atoms with Crippen LogP contribution in [0.2, 0.25) is 0 Å². The average Bonchev–Trinajstić information content (AvgIpc) is 3.22. The summed E-state index contributed by atoms with van der Waals surface area (Å²) in [6.07, 6.45) is 3.38. The Morgan fingerprint density at radius 3 is 2.17 bits per heavy atom. The maximum absolute atomic E-state index is 13.2. The number of pyridine rings is 1. The minimum atomic E-state index is -0.151. The number of methoxy groups -OCH3 is 3. The molecule has 0 atom stereocenters. The van der Waals surface area contributed by atoms with Crippen LogP contribution in [0.15, 0.2) is 60.9 Å². The fourth-order valence-electron chi connectivity index (χ4n) is 3.19. The summed E-state index contributed by atoms with van der Waals surface area (Å²) in [6.45, 7) is 0. The van der Waals surface area contributed by atoms with Gasteiger partial charge in [0.25, 0.3) is 0 Å². The van der Waals surface area contributed by atoms with E-state index >= 15 is 0 Å². The second-order valence-corrected chi connectivity index (χ2v) is 6.61. The fraction of sp³-hybridized carbons (Fsp3) is 0.130. The summed E-state index contributed by atoms with van der Waals surface area (Å²) in [7, 11) is 4.73. The van der Waals surface area contributed by atoms with E-state index in [1.807, 2.05) is 30.3 Å². The zero-order valence-corrected chi connectivity index (χ0v) is 16.9. The van der Waals surface area contributed by atoms with Gasteiger partial charge in [0.1, 0.15) is 22.9 Å². The van der Waals surface area contributed by atoms with Crippen LogP contribution < -0.4 is 19.5 Å². The van der Waals surface area contributed by atoms with Gasteiger partial charge in [-0.2, -0.15) is 0 Å².